The summed E-state index contributed by atoms with van der Waals surface area (Å²) in [4.78, 5) is 14.4. The van der Waals surface area contributed by atoms with Crippen LogP contribution in [0, 0.1) is 0 Å². The van der Waals surface area contributed by atoms with Gasteiger partial charge >= 0.3 is 6.09 Å². The zero-order chi connectivity index (χ0) is 21.1. The number of amides is 1. The number of rotatable bonds is 9. The lowest BCUT2D eigenvalue weighted by Gasteiger charge is -2.22. The van der Waals surface area contributed by atoms with Gasteiger partial charge in [0.25, 0.3) is 0 Å². The lowest BCUT2D eigenvalue weighted by molar-refractivity contribution is 0.0525. The molecule has 7 heteroatoms. The lowest BCUT2D eigenvalue weighted by atomic mass is 9.87. The van der Waals surface area contributed by atoms with Gasteiger partial charge in [0, 0.05) is 18.0 Å². The van der Waals surface area contributed by atoms with E-state index in [1.165, 1.54) is 29.5 Å². The van der Waals surface area contributed by atoms with Crippen molar-refractivity contribution in [2.75, 3.05) is 19.7 Å². The van der Waals surface area contributed by atoms with Crippen LogP contribution in [-0.2, 0) is 17.6 Å². The highest BCUT2D eigenvalue weighted by Gasteiger charge is 2.17. The molecular formula is C22H32N4O3. The van der Waals surface area contributed by atoms with E-state index >= 15 is 0 Å². The van der Waals surface area contributed by atoms with Crippen LogP contribution >= 0.6 is 0 Å². The highest BCUT2D eigenvalue weighted by molar-refractivity contribution is 5.67. The Labute approximate surface area is 173 Å². The second kappa shape index (κ2) is 11.4. The number of nitrogens with one attached hydrogen (secondary N) is 1. The Morgan fingerprint density at radius 1 is 1.28 bits per heavy atom. The van der Waals surface area contributed by atoms with Crippen molar-refractivity contribution in [2.24, 2.45) is 5.11 Å². The third-order valence-electron chi connectivity index (χ3n) is 4.53. The van der Waals surface area contributed by atoms with Gasteiger partial charge in [-0.1, -0.05) is 23.3 Å². The van der Waals surface area contributed by atoms with Gasteiger partial charge in [-0.3, -0.25) is 0 Å². The molecule has 29 heavy (non-hydrogen) atoms. The fourth-order valence-electron chi connectivity index (χ4n) is 3.30. The van der Waals surface area contributed by atoms with Crippen molar-refractivity contribution in [3.63, 3.8) is 0 Å². The van der Waals surface area contributed by atoms with Crippen LogP contribution in [0.25, 0.3) is 16.5 Å². The smallest absolute Gasteiger partial charge is 0.407 e. The second-order valence-corrected chi connectivity index (χ2v) is 8.09. The summed E-state index contributed by atoms with van der Waals surface area (Å²) >= 11 is 0. The molecule has 158 valence electrons. The largest absolute Gasteiger partial charge is 0.493 e. The van der Waals surface area contributed by atoms with Crippen LogP contribution in [0.5, 0.6) is 5.75 Å². The third kappa shape index (κ3) is 8.08. The molecule has 1 aromatic carbocycles. The first-order chi connectivity index (χ1) is 13.9. The fourth-order valence-corrected chi connectivity index (χ4v) is 3.30. The zero-order valence-corrected chi connectivity index (χ0v) is 17.7. The average Bonchev–Trinajstić information content (AvgIpc) is 2.67. The topological polar surface area (TPSA) is 96.3 Å². The summed E-state index contributed by atoms with van der Waals surface area (Å²) in [7, 11) is 0. The van der Waals surface area contributed by atoms with Gasteiger partial charge in [-0.25, -0.2) is 4.79 Å². The van der Waals surface area contributed by atoms with Crippen LogP contribution in [0.1, 0.15) is 63.1 Å². The van der Waals surface area contributed by atoms with E-state index in [2.05, 4.69) is 33.6 Å². The summed E-state index contributed by atoms with van der Waals surface area (Å²) in [6.45, 7) is 7.08. The monoisotopic (exact) mass is 400 g/mol. The number of carbonyl (C=O) groups is 1. The average molecular weight is 401 g/mol. The summed E-state index contributed by atoms with van der Waals surface area (Å²) in [5, 5.41) is 6.31. The third-order valence-corrected chi connectivity index (χ3v) is 4.53. The molecule has 1 N–H and O–H groups in total. The number of nitrogens with zero attached hydrogens (tertiary/aromatic N) is 3. The van der Waals surface area contributed by atoms with Crippen molar-refractivity contribution >= 4 is 12.2 Å². The van der Waals surface area contributed by atoms with Gasteiger partial charge in [0.1, 0.15) is 11.4 Å². The van der Waals surface area contributed by atoms with Crippen LogP contribution in [0.4, 0.5) is 4.79 Å². The van der Waals surface area contributed by atoms with E-state index in [1.807, 2.05) is 26.8 Å². The predicted octanol–water partition coefficient (Wildman–Crippen LogP) is 5.57. The normalized spacial score (nSPS) is 13.5. The Kier molecular flexibility index (Phi) is 8.87. The molecule has 0 heterocycles. The van der Waals surface area contributed by atoms with Gasteiger partial charge in [0.2, 0.25) is 0 Å². The zero-order valence-electron chi connectivity index (χ0n) is 17.7. The van der Waals surface area contributed by atoms with Crippen LogP contribution in [0.3, 0.4) is 0 Å². The van der Waals surface area contributed by atoms with E-state index in [0.717, 1.165) is 31.4 Å². The lowest BCUT2D eigenvalue weighted by Crippen LogP contribution is -2.33. The van der Waals surface area contributed by atoms with Crippen molar-refractivity contribution in [2.45, 2.75) is 64.9 Å². The molecule has 0 radical (unpaired) electrons. The molecule has 1 amide bonds. The summed E-state index contributed by atoms with van der Waals surface area (Å²) in [5.41, 5.74) is 11.7. The summed E-state index contributed by atoms with van der Waals surface area (Å²) in [5.74, 6) is 0.947. The van der Waals surface area contributed by atoms with Crippen molar-refractivity contribution in [3.8, 4) is 5.75 Å². The van der Waals surface area contributed by atoms with Gasteiger partial charge in [-0.15, -0.1) is 0 Å². The minimum absolute atomic E-state index is 0.397. The number of hydrogen-bond acceptors (Lipinski definition) is 4. The van der Waals surface area contributed by atoms with Gasteiger partial charge in [-0.05, 0) is 87.6 Å². The number of hydrogen-bond donors (Lipinski definition) is 1. The Bertz CT molecular complexity index is 762. The van der Waals surface area contributed by atoms with Crippen LogP contribution in [-0.4, -0.2) is 31.4 Å². The fraction of sp³-hybridized carbons (Fsp3) is 0.591. The van der Waals surface area contributed by atoms with E-state index in [0.29, 0.717) is 19.7 Å². The van der Waals surface area contributed by atoms with Crippen LogP contribution < -0.4 is 10.1 Å². The maximum Gasteiger partial charge on any atom is 0.407 e. The van der Waals surface area contributed by atoms with E-state index in [9.17, 15) is 4.79 Å². The summed E-state index contributed by atoms with van der Waals surface area (Å²) < 4.78 is 11.3. The summed E-state index contributed by atoms with van der Waals surface area (Å²) in [6, 6.07) is 4.14. The van der Waals surface area contributed by atoms with Gasteiger partial charge < -0.3 is 14.8 Å². The standard InChI is InChI=1S/C22H32N4O3/c1-22(2,3)29-21(27)24-14-8-16-28-20-13-12-17(9-6-7-15-25-26-23)18-10-4-5-11-19(18)20/h6,9,12-13H,4-5,7-8,10-11,14-16H2,1-3H3,(H,24,27). The van der Waals surface area contributed by atoms with E-state index < -0.39 is 11.7 Å². The van der Waals surface area contributed by atoms with Gasteiger partial charge in [0.15, 0.2) is 0 Å². The highest BCUT2D eigenvalue weighted by Crippen LogP contribution is 2.33. The summed E-state index contributed by atoms with van der Waals surface area (Å²) in [6.07, 6.45) is 9.68. The number of fused-ring (bicyclic) bond motifs is 1. The first-order valence-corrected chi connectivity index (χ1v) is 10.3. The SMILES string of the molecule is CC(C)(C)OC(=O)NCCCOc1ccc(C=CCCN=[N+]=[N-])c2c1CCCC2. The maximum atomic E-state index is 11.7. The molecule has 0 spiro atoms. The molecule has 0 bridgehead atoms. The van der Waals surface area contributed by atoms with Gasteiger partial charge in [0.05, 0.1) is 6.61 Å². The molecular weight excluding hydrogens is 368 g/mol. The van der Waals surface area contributed by atoms with Crippen molar-refractivity contribution < 1.29 is 14.3 Å². The quantitative estimate of drug-likeness (QED) is 0.254. The minimum Gasteiger partial charge on any atom is -0.493 e. The molecule has 1 aromatic rings. The number of carbonyl (C=O) groups excluding carboxylic acids is 1. The molecule has 0 unspecified atom stereocenters. The van der Waals surface area contributed by atoms with Crippen molar-refractivity contribution in [1.82, 2.24) is 5.32 Å². The first kappa shape index (κ1) is 22.6. The number of alkyl carbamates (subject to hydrolysis) is 1. The van der Waals surface area contributed by atoms with Crippen LogP contribution in [0.15, 0.2) is 23.3 Å². The van der Waals surface area contributed by atoms with E-state index in [-0.39, 0.29) is 0 Å². The second-order valence-electron chi connectivity index (χ2n) is 8.09. The molecule has 0 saturated heterocycles. The van der Waals surface area contributed by atoms with Gasteiger partial charge in [-0.2, -0.15) is 0 Å². The number of benzene rings is 1. The molecule has 1 aliphatic rings. The van der Waals surface area contributed by atoms with Crippen LogP contribution in [0.2, 0.25) is 0 Å². The molecule has 2 rings (SSSR count). The highest BCUT2D eigenvalue weighted by atomic mass is 16.6. The molecule has 0 saturated carbocycles. The van der Waals surface area contributed by atoms with E-state index in [1.54, 1.807) is 0 Å². The maximum absolute atomic E-state index is 11.7. The molecule has 0 atom stereocenters. The number of azide groups is 1. The molecule has 1 aliphatic carbocycles. The molecule has 0 aliphatic heterocycles. The first-order valence-electron chi connectivity index (χ1n) is 10.3. The Morgan fingerprint density at radius 3 is 2.76 bits per heavy atom. The number of ether oxygens (including phenoxy) is 2. The molecule has 7 nitrogen and oxygen atoms in total. The Hall–Kier alpha value is -2.66. The predicted molar refractivity (Wildman–Crippen MR) is 115 cm³/mol. The minimum atomic E-state index is -0.487. The molecule has 0 aromatic heterocycles. The molecule has 0 fully saturated rings. The van der Waals surface area contributed by atoms with Crippen molar-refractivity contribution in [1.29, 1.82) is 0 Å². The Morgan fingerprint density at radius 2 is 2.03 bits per heavy atom. The van der Waals surface area contributed by atoms with Crippen molar-refractivity contribution in [3.05, 3.63) is 45.3 Å². The van der Waals surface area contributed by atoms with E-state index in [4.69, 9.17) is 15.0 Å². The Balaban J connectivity index is 1.88.